The Labute approximate surface area is 119 Å². The van der Waals surface area contributed by atoms with E-state index >= 15 is 0 Å². The van der Waals surface area contributed by atoms with Crippen LogP contribution in [0.3, 0.4) is 0 Å². The van der Waals surface area contributed by atoms with Crippen LogP contribution in [0.2, 0.25) is 0 Å². The third-order valence-electron chi connectivity index (χ3n) is 3.31. The van der Waals surface area contributed by atoms with Crippen molar-refractivity contribution in [3.8, 4) is 5.75 Å². The lowest BCUT2D eigenvalue weighted by atomic mass is 9.96. The number of hydrazone groups is 1. The average Bonchev–Trinajstić information content (AvgIpc) is 2.49. The molecular weight excluding hydrogens is 252 g/mol. The average molecular weight is 272 g/mol. The van der Waals surface area contributed by atoms with Gasteiger partial charge in [0.1, 0.15) is 5.75 Å². The van der Waals surface area contributed by atoms with Gasteiger partial charge >= 0.3 is 0 Å². The van der Waals surface area contributed by atoms with Crippen molar-refractivity contribution in [2.75, 3.05) is 7.11 Å². The van der Waals surface area contributed by atoms with Gasteiger partial charge in [-0.05, 0) is 42.9 Å². The van der Waals surface area contributed by atoms with Crippen molar-refractivity contribution >= 4 is 12.1 Å². The Balaban J connectivity index is 1.76. The van der Waals surface area contributed by atoms with Crippen molar-refractivity contribution in [2.24, 2.45) is 11.0 Å². The molecule has 0 saturated heterocycles. The van der Waals surface area contributed by atoms with Crippen LogP contribution in [0.4, 0.5) is 0 Å². The Morgan fingerprint density at radius 1 is 1.40 bits per heavy atom. The Hall–Kier alpha value is -2.10. The summed E-state index contributed by atoms with van der Waals surface area (Å²) in [7, 11) is 1.62. The van der Waals surface area contributed by atoms with E-state index in [-0.39, 0.29) is 5.91 Å². The molecule has 0 fully saturated rings. The van der Waals surface area contributed by atoms with Gasteiger partial charge in [-0.25, -0.2) is 5.43 Å². The maximum absolute atomic E-state index is 11.7. The summed E-state index contributed by atoms with van der Waals surface area (Å²) in [6.07, 6.45) is 9.73. The highest BCUT2D eigenvalue weighted by atomic mass is 16.5. The van der Waals surface area contributed by atoms with Gasteiger partial charge in [-0.15, -0.1) is 0 Å². The van der Waals surface area contributed by atoms with Crippen molar-refractivity contribution in [3.63, 3.8) is 0 Å². The summed E-state index contributed by atoms with van der Waals surface area (Å²) in [4.78, 5) is 11.7. The maximum Gasteiger partial charge on any atom is 0.244 e. The lowest BCUT2D eigenvalue weighted by molar-refractivity contribution is -0.120. The van der Waals surface area contributed by atoms with Crippen LogP contribution in [-0.4, -0.2) is 19.2 Å². The number of nitrogens with one attached hydrogen (secondary N) is 1. The van der Waals surface area contributed by atoms with Crippen LogP contribution in [0, 0.1) is 5.92 Å². The van der Waals surface area contributed by atoms with Crippen molar-refractivity contribution < 1.29 is 9.53 Å². The molecule has 0 spiro atoms. The molecule has 0 bridgehead atoms. The van der Waals surface area contributed by atoms with Gasteiger partial charge in [-0.3, -0.25) is 4.79 Å². The second-order valence-corrected chi connectivity index (χ2v) is 4.88. The van der Waals surface area contributed by atoms with Gasteiger partial charge in [0.25, 0.3) is 0 Å². The summed E-state index contributed by atoms with van der Waals surface area (Å²) in [5, 5.41) is 4.04. The number of carbonyl (C=O) groups is 1. The zero-order valence-electron chi connectivity index (χ0n) is 11.7. The van der Waals surface area contributed by atoms with E-state index in [1.54, 1.807) is 7.11 Å². The van der Waals surface area contributed by atoms with Crippen molar-refractivity contribution in [1.29, 1.82) is 0 Å². The van der Waals surface area contributed by atoms with Gasteiger partial charge in [0.05, 0.1) is 13.5 Å². The molecule has 2 rings (SSSR count). The molecule has 0 heterocycles. The van der Waals surface area contributed by atoms with Gasteiger partial charge in [-0.1, -0.05) is 24.3 Å². The molecule has 0 aliphatic heterocycles. The van der Waals surface area contributed by atoms with E-state index in [1.807, 2.05) is 30.5 Å². The SMILES string of the molecule is COc1ccc(CC(=O)NN=CC2CC=CCC2)cc1. The summed E-state index contributed by atoms with van der Waals surface area (Å²) in [5.74, 6) is 1.14. The predicted molar refractivity (Wildman–Crippen MR) is 79.8 cm³/mol. The molecule has 106 valence electrons. The number of benzene rings is 1. The summed E-state index contributed by atoms with van der Waals surface area (Å²) in [5.41, 5.74) is 3.53. The van der Waals surface area contributed by atoms with Crippen LogP contribution in [-0.2, 0) is 11.2 Å². The fourth-order valence-corrected chi connectivity index (χ4v) is 2.14. The number of hydrogen-bond acceptors (Lipinski definition) is 3. The number of ether oxygens (including phenoxy) is 1. The zero-order chi connectivity index (χ0) is 14.2. The fourth-order valence-electron chi connectivity index (χ4n) is 2.14. The van der Waals surface area contributed by atoms with E-state index in [0.29, 0.717) is 12.3 Å². The van der Waals surface area contributed by atoms with E-state index in [2.05, 4.69) is 22.7 Å². The Kier molecular flexibility index (Phi) is 5.35. The van der Waals surface area contributed by atoms with Gasteiger partial charge in [0.15, 0.2) is 0 Å². The van der Waals surface area contributed by atoms with Crippen molar-refractivity contribution in [1.82, 2.24) is 5.43 Å². The lowest BCUT2D eigenvalue weighted by Crippen LogP contribution is -2.20. The number of methoxy groups -OCH3 is 1. The smallest absolute Gasteiger partial charge is 0.244 e. The fraction of sp³-hybridized carbons (Fsp3) is 0.375. The molecule has 0 saturated carbocycles. The van der Waals surface area contributed by atoms with Crippen molar-refractivity contribution in [3.05, 3.63) is 42.0 Å². The number of carbonyl (C=O) groups excluding carboxylic acids is 1. The van der Waals surface area contributed by atoms with Gasteiger partial charge in [-0.2, -0.15) is 5.10 Å². The van der Waals surface area contributed by atoms with E-state index in [1.165, 1.54) is 0 Å². The first kappa shape index (κ1) is 14.3. The number of allylic oxidation sites excluding steroid dienone is 2. The summed E-state index contributed by atoms with van der Waals surface area (Å²) >= 11 is 0. The third kappa shape index (κ3) is 4.53. The molecule has 0 aromatic heterocycles. The first-order valence-electron chi connectivity index (χ1n) is 6.88. The minimum absolute atomic E-state index is 0.0993. The van der Waals surface area contributed by atoms with Crippen molar-refractivity contribution in [2.45, 2.75) is 25.7 Å². The van der Waals surface area contributed by atoms with Crippen LogP contribution in [0.15, 0.2) is 41.5 Å². The molecule has 1 aromatic rings. The molecule has 1 N–H and O–H groups in total. The summed E-state index contributed by atoms with van der Waals surface area (Å²) in [6.45, 7) is 0. The molecule has 0 radical (unpaired) electrons. The normalized spacial score (nSPS) is 18.1. The Bertz CT molecular complexity index is 492. The Morgan fingerprint density at radius 3 is 2.85 bits per heavy atom. The quantitative estimate of drug-likeness (QED) is 0.509. The third-order valence-corrected chi connectivity index (χ3v) is 3.31. The summed E-state index contributed by atoms with van der Waals surface area (Å²) in [6, 6.07) is 7.46. The number of rotatable bonds is 5. The monoisotopic (exact) mass is 272 g/mol. The van der Waals surface area contributed by atoms with E-state index < -0.39 is 0 Å². The van der Waals surface area contributed by atoms with E-state index in [0.717, 1.165) is 30.6 Å². The van der Waals surface area contributed by atoms with Crippen LogP contribution in [0.5, 0.6) is 5.75 Å². The standard InChI is InChI=1S/C16H20N2O2/c1-20-15-9-7-13(8-10-15)11-16(19)18-17-12-14-5-3-2-4-6-14/h2-3,7-10,12,14H,4-6,11H2,1H3,(H,18,19). The molecule has 1 aliphatic carbocycles. The zero-order valence-corrected chi connectivity index (χ0v) is 11.7. The van der Waals surface area contributed by atoms with E-state index in [9.17, 15) is 4.79 Å². The molecular formula is C16H20N2O2. The topological polar surface area (TPSA) is 50.7 Å². The first-order valence-corrected chi connectivity index (χ1v) is 6.88. The molecule has 1 aromatic carbocycles. The molecule has 1 unspecified atom stereocenters. The second kappa shape index (κ2) is 7.48. The van der Waals surface area contributed by atoms with Crippen LogP contribution >= 0.6 is 0 Å². The number of nitrogens with zero attached hydrogens (tertiary/aromatic N) is 1. The maximum atomic E-state index is 11.7. The van der Waals surface area contributed by atoms with Gasteiger partial charge < -0.3 is 4.74 Å². The molecule has 1 aliphatic rings. The highest BCUT2D eigenvalue weighted by molar-refractivity contribution is 5.79. The Morgan fingerprint density at radius 2 is 2.20 bits per heavy atom. The highest BCUT2D eigenvalue weighted by Crippen LogP contribution is 2.15. The van der Waals surface area contributed by atoms with Crippen LogP contribution in [0.1, 0.15) is 24.8 Å². The highest BCUT2D eigenvalue weighted by Gasteiger charge is 2.07. The molecule has 4 nitrogen and oxygen atoms in total. The number of hydrogen-bond donors (Lipinski definition) is 1. The number of amides is 1. The minimum atomic E-state index is -0.0993. The molecule has 1 atom stereocenters. The molecule has 4 heteroatoms. The molecule has 20 heavy (non-hydrogen) atoms. The summed E-state index contributed by atoms with van der Waals surface area (Å²) < 4.78 is 5.08. The molecule has 1 amide bonds. The predicted octanol–water partition coefficient (Wildman–Crippen LogP) is 2.70. The largest absolute Gasteiger partial charge is 0.497 e. The minimum Gasteiger partial charge on any atom is -0.497 e. The first-order chi connectivity index (χ1) is 9.78. The van der Waals surface area contributed by atoms with Gasteiger partial charge in [0, 0.05) is 6.21 Å². The second-order valence-electron chi connectivity index (χ2n) is 4.88. The van der Waals surface area contributed by atoms with Crippen LogP contribution in [0.25, 0.3) is 0 Å². The van der Waals surface area contributed by atoms with Crippen LogP contribution < -0.4 is 10.2 Å². The van der Waals surface area contributed by atoms with Gasteiger partial charge in [0.2, 0.25) is 5.91 Å². The lowest BCUT2D eigenvalue weighted by Gasteiger charge is -2.11. The van der Waals surface area contributed by atoms with E-state index in [4.69, 9.17) is 4.74 Å².